The van der Waals surface area contributed by atoms with Crippen molar-refractivity contribution in [3.05, 3.63) is 52.0 Å². The molecule has 4 nitrogen and oxygen atoms in total. The summed E-state index contributed by atoms with van der Waals surface area (Å²) in [5, 5.41) is 3.22. The van der Waals surface area contributed by atoms with Gasteiger partial charge in [-0.25, -0.2) is 8.42 Å². The van der Waals surface area contributed by atoms with E-state index in [4.69, 9.17) is 0 Å². The molecule has 0 saturated heterocycles. The first-order valence-corrected chi connectivity index (χ1v) is 8.89. The number of nitrogens with one attached hydrogen (secondary N) is 2. The summed E-state index contributed by atoms with van der Waals surface area (Å²) >= 11 is 3.40. The van der Waals surface area contributed by atoms with E-state index in [0.29, 0.717) is 10.6 Å². The molecular weight excluding hydrogens is 352 g/mol. The normalized spacial score (nSPS) is 13.6. The van der Waals surface area contributed by atoms with Gasteiger partial charge in [0.2, 0.25) is 0 Å². The first-order valence-electron chi connectivity index (χ1n) is 6.61. The molecule has 1 aliphatic rings. The molecule has 0 spiro atoms. The van der Waals surface area contributed by atoms with Crippen LogP contribution in [0.4, 0.5) is 11.4 Å². The minimum atomic E-state index is -3.56. The molecule has 0 fully saturated rings. The maximum Gasteiger partial charge on any atom is 0.261 e. The van der Waals surface area contributed by atoms with Crippen molar-refractivity contribution in [2.75, 3.05) is 16.6 Å². The molecule has 6 heteroatoms. The molecule has 0 atom stereocenters. The Labute approximate surface area is 132 Å². The molecule has 0 saturated carbocycles. The first-order chi connectivity index (χ1) is 9.95. The van der Waals surface area contributed by atoms with Gasteiger partial charge in [0.25, 0.3) is 10.0 Å². The van der Waals surface area contributed by atoms with Crippen molar-refractivity contribution in [1.82, 2.24) is 0 Å². The largest absolute Gasteiger partial charge is 0.384 e. The molecule has 0 unspecified atom stereocenters. The van der Waals surface area contributed by atoms with Crippen LogP contribution in [-0.4, -0.2) is 15.0 Å². The highest BCUT2D eigenvalue weighted by Crippen LogP contribution is 2.27. The lowest BCUT2D eigenvalue weighted by atomic mass is 10.2. The van der Waals surface area contributed by atoms with Crippen molar-refractivity contribution in [2.45, 2.75) is 18.2 Å². The molecule has 21 heavy (non-hydrogen) atoms. The van der Waals surface area contributed by atoms with Crippen LogP contribution in [0.2, 0.25) is 0 Å². The van der Waals surface area contributed by atoms with Gasteiger partial charge in [0, 0.05) is 22.4 Å². The summed E-state index contributed by atoms with van der Waals surface area (Å²) in [5.74, 6) is 0. The quantitative estimate of drug-likeness (QED) is 0.873. The van der Waals surface area contributed by atoms with E-state index in [1.165, 1.54) is 0 Å². The number of anilines is 2. The second-order valence-corrected chi connectivity index (χ2v) is 7.60. The van der Waals surface area contributed by atoms with Crippen molar-refractivity contribution in [2.24, 2.45) is 0 Å². The van der Waals surface area contributed by atoms with Gasteiger partial charge in [-0.1, -0.05) is 15.9 Å². The average molecular weight is 367 g/mol. The number of benzene rings is 2. The molecule has 2 aromatic carbocycles. The third-order valence-corrected chi connectivity index (χ3v) is 5.78. The summed E-state index contributed by atoms with van der Waals surface area (Å²) in [6, 6.07) is 10.6. The van der Waals surface area contributed by atoms with Gasteiger partial charge in [-0.2, -0.15) is 0 Å². The molecule has 2 aromatic rings. The molecule has 1 aliphatic heterocycles. The minimum absolute atomic E-state index is 0.297. The predicted octanol–water partition coefficient (Wildman–Crippen LogP) is 3.53. The van der Waals surface area contributed by atoms with Crippen LogP contribution in [0.1, 0.15) is 11.1 Å². The molecule has 1 heterocycles. The number of halogens is 1. The number of hydrogen-bond acceptors (Lipinski definition) is 3. The fourth-order valence-corrected chi connectivity index (χ4v) is 3.72. The third-order valence-electron chi connectivity index (χ3n) is 3.51. The lowest BCUT2D eigenvalue weighted by Crippen LogP contribution is -2.13. The fraction of sp³-hybridized carbons (Fsp3) is 0.200. The van der Waals surface area contributed by atoms with Crippen LogP contribution < -0.4 is 10.0 Å². The van der Waals surface area contributed by atoms with E-state index in [-0.39, 0.29) is 0 Å². The Morgan fingerprint density at radius 2 is 2.00 bits per heavy atom. The second-order valence-electron chi connectivity index (χ2n) is 5.07. The van der Waals surface area contributed by atoms with Crippen LogP contribution >= 0.6 is 15.9 Å². The van der Waals surface area contributed by atoms with Crippen LogP contribution in [0.3, 0.4) is 0 Å². The monoisotopic (exact) mass is 366 g/mol. The summed E-state index contributed by atoms with van der Waals surface area (Å²) < 4.78 is 28.5. The summed E-state index contributed by atoms with van der Waals surface area (Å²) in [6.07, 6.45) is 0.857. The first kappa shape index (κ1) is 14.4. The van der Waals surface area contributed by atoms with Crippen molar-refractivity contribution < 1.29 is 8.42 Å². The number of fused-ring (bicyclic) bond motifs is 1. The Bertz CT molecular complexity index is 803. The zero-order valence-corrected chi connectivity index (χ0v) is 13.9. The predicted molar refractivity (Wildman–Crippen MR) is 88.3 cm³/mol. The molecule has 110 valence electrons. The number of rotatable bonds is 3. The van der Waals surface area contributed by atoms with E-state index in [9.17, 15) is 8.42 Å². The standard InChI is InChI=1S/C15H15BrN2O2S/c1-10-8-12(2-4-14(10)16)18-21(19,20)13-3-5-15-11(9-13)6-7-17-15/h2-5,8-9,17-18H,6-7H2,1H3. The minimum Gasteiger partial charge on any atom is -0.384 e. The summed E-state index contributed by atoms with van der Waals surface area (Å²) in [7, 11) is -3.56. The van der Waals surface area contributed by atoms with E-state index in [0.717, 1.165) is 34.3 Å². The zero-order valence-electron chi connectivity index (χ0n) is 11.5. The van der Waals surface area contributed by atoms with Gasteiger partial charge in [-0.15, -0.1) is 0 Å². The molecule has 0 aromatic heterocycles. The van der Waals surface area contributed by atoms with E-state index in [1.54, 1.807) is 24.3 Å². The smallest absolute Gasteiger partial charge is 0.261 e. The zero-order chi connectivity index (χ0) is 15.0. The summed E-state index contributed by atoms with van der Waals surface area (Å²) in [6.45, 7) is 2.78. The third kappa shape index (κ3) is 2.91. The lowest BCUT2D eigenvalue weighted by molar-refractivity contribution is 0.601. The second kappa shape index (κ2) is 5.35. The van der Waals surface area contributed by atoms with E-state index < -0.39 is 10.0 Å². The highest BCUT2D eigenvalue weighted by Gasteiger charge is 2.18. The molecule has 0 aliphatic carbocycles. The number of hydrogen-bond donors (Lipinski definition) is 2. The topological polar surface area (TPSA) is 58.2 Å². The van der Waals surface area contributed by atoms with Gasteiger partial charge >= 0.3 is 0 Å². The molecule has 0 bridgehead atoms. The SMILES string of the molecule is Cc1cc(NS(=O)(=O)c2ccc3c(c2)CCN3)ccc1Br. The average Bonchev–Trinajstić information content (AvgIpc) is 2.90. The Morgan fingerprint density at radius 1 is 1.19 bits per heavy atom. The molecule has 0 amide bonds. The number of sulfonamides is 1. The highest BCUT2D eigenvalue weighted by atomic mass is 79.9. The van der Waals surface area contributed by atoms with Crippen molar-refractivity contribution >= 4 is 37.3 Å². The Kier molecular flexibility index (Phi) is 3.67. The maximum atomic E-state index is 12.5. The van der Waals surface area contributed by atoms with Gasteiger partial charge in [-0.05, 0) is 60.9 Å². The van der Waals surface area contributed by atoms with Crippen molar-refractivity contribution in [1.29, 1.82) is 0 Å². The lowest BCUT2D eigenvalue weighted by Gasteiger charge is -2.10. The highest BCUT2D eigenvalue weighted by molar-refractivity contribution is 9.10. The summed E-state index contributed by atoms with van der Waals surface area (Å²) in [4.78, 5) is 0.297. The molecule has 0 radical (unpaired) electrons. The molecule has 2 N–H and O–H groups in total. The van der Waals surface area contributed by atoms with Gasteiger partial charge in [0.15, 0.2) is 0 Å². The van der Waals surface area contributed by atoms with Gasteiger partial charge < -0.3 is 5.32 Å². The Hall–Kier alpha value is -1.53. The summed E-state index contributed by atoms with van der Waals surface area (Å²) in [5.41, 5.74) is 3.61. The van der Waals surface area contributed by atoms with E-state index >= 15 is 0 Å². The maximum absolute atomic E-state index is 12.5. The van der Waals surface area contributed by atoms with Crippen molar-refractivity contribution in [3.8, 4) is 0 Å². The molecule has 3 rings (SSSR count). The van der Waals surface area contributed by atoms with Gasteiger partial charge in [-0.3, -0.25) is 4.72 Å². The fourth-order valence-electron chi connectivity index (χ4n) is 2.37. The van der Waals surface area contributed by atoms with Crippen LogP contribution in [0, 0.1) is 6.92 Å². The van der Waals surface area contributed by atoms with Crippen LogP contribution in [0.15, 0.2) is 45.8 Å². The van der Waals surface area contributed by atoms with Crippen molar-refractivity contribution in [3.63, 3.8) is 0 Å². The van der Waals surface area contributed by atoms with E-state index in [2.05, 4.69) is 26.0 Å². The van der Waals surface area contributed by atoms with Gasteiger partial charge in [0.05, 0.1) is 4.90 Å². The number of aryl methyl sites for hydroxylation is 1. The van der Waals surface area contributed by atoms with Crippen LogP contribution in [-0.2, 0) is 16.4 Å². The van der Waals surface area contributed by atoms with Crippen LogP contribution in [0.5, 0.6) is 0 Å². The van der Waals surface area contributed by atoms with Gasteiger partial charge in [0.1, 0.15) is 0 Å². The Morgan fingerprint density at radius 3 is 2.76 bits per heavy atom. The van der Waals surface area contributed by atoms with Crippen LogP contribution in [0.25, 0.3) is 0 Å². The molecular formula is C15H15BrN2O2S. The van der Waals surface area contributed by atoms with E-state index in [1.807, 2.05) is 19.1 Å². The Balaban J connectivity index is 1.91.